The van der Waals surface area contributed by atoms with E-state index in [0.29, 0.717) is 37.0 Å². The molecule has 4 rings (SSSR count). The standard InChI is InChI=1S/C26H27FN4O3S/c1-18-4-7-23(8-5-18)35(33,34)31-24-9-6-19(15-30-11-10-22(27)17-30)12-20(24)13-25(31)26(32)21(14-28)16-29(2)3/h4-9,12-13,16,22H,10-11,15,17H2,1-3H3/b21-16+. The highest BCUT2D eigenvalue weighted by Gasteiger charge is 2.29. The molecule has 1 fully saturated rings. The molecule has 1 saturated heterocycles. The number of rotatable bonds is 7. The Morgan fingerprint density at radius 3 is 2.51 bits per heavy atom. The minimum Gasteiger partial charge on any atom is -0.382 e. The Bertz CT molecular complexity index is 1450. The highest BCUT2D eigenvalue weighted by molar-refractivity contribution is 7.90. The van der Waals surface area contributed by atoms with Crippen molar-refractivity contribution in [1.29, 1.82) is 5.26 Å². The maximum atomic E-state index is 13.7. The lowest BCUT2D eigenvalue weighted by Crippen LogP contribution is -2.20. The molecule has 0 saturated carbocycles. The van der Waals surface area contributed by atoms with E-state index in [0.717, 1.165) is 15.1 Å². The fraction of sp³-hybridized carbons (Fsp3) is 0.308. The minimum absolute atomic E-state index is 0.0416. The fourth-order valence-electron chi connectivity index (χ4n) is 4.29. The second kappa shape index (κ2) is 9.64. The largest absolute Gasteiger partial charge is 0.382 e. The van der Waals surface area contributed by atoms with Crippen LogP contribution in [-0.4, -0.2) is 61.3 Å². The Labute approximate surface area is 204 Å². The number of Topliss-reactive ketones (excluding diaryl/α,β-unsaturated/α-hetero) is 1. The highest BCUT2D eigenvalue weighted by Crippen LogP contribution is 2.29. The number of aryl methyl sites for hydroxylation is 1. The second-order valence-corrected chi connectivity index (χ2v) is 10.9. The minimum atomic E-state index is -4.14. The van der Waals surface area contributed by atoms with Gasteiger partial charge in [-0.25, -0.2) is 16.8 Å². The molecule has 9 heteroatoms. The van der Waals surface area contributed by atoms with E-state index in [-0.39, 0.29) is 16.2 Å². The Balaban J connectivity index is 1.87. The molecule has 2 aromatic carbocycles. The molecule has 7 nitrogen and oxygen atoms in total. The van der Waals surface area contributed by atoms with Gasteiger partial charge in [0, 0.05) is 45.3 Å². The van der Waals surface area contributed by atoms with Crippen molar-refractivity contribution in [3.05, 3.63) is 77.1 Å². The van der Waals surface area contributed by atoms with Gasteiger partial charge in [0.05, 0.1) is 10.4 Å². The van der Waals surface area contributed by atoms with Crippen LogP contribution in [0.1, 0.15) is 28.0 Å². The zero-order valence-electron chi connectivity index (χ0n) is 19.9. The van der Waals surface area contributed by atoms with Crippen molar-refractivity contribution >= 4 is 26.7 Å². The summed E-state index contributed by atoms with van der Waals surface area (Å²) in [4.78, 5) is 17.0. The zero-order valence-corrected chi connectivity index (χ0v) is 20.7. The van der Waals surface area contributed by atoms with Gasteiger partial charge in [0.15, 0.2) is 0 Å². The fourth-order valence-corrected chi connectivity index (χ4v) is 5.80. The lowest BCUT2D eigenvalue weighted by atomic mass is 10.1. The highest BCUT2D eigenvalue weighted by atomic mass is 32.2. The zero-order chi connectivity index (χ0) is 25.3. The molecule has 0 N–H and O–H groups in total. The molecule has 1 aliphatic heterocycles. The Kier molecular flexibility index (Phi) is 6.79. The molecule has 35 heavy (non-hydrogen) atoms. The average molecular weight is 495 g/mol. The topological polar surface area (TPSA) is 86.4 Å². The van der Waals surface area contributed by atoms with Crippen molar-refractivity contribution in [3.8, 4) is 6.07 Å². The first kappa shape index (κ1) is 24.6. The third kappa shape index (κ3) is 4.99. The predicted molar refractivity (Wildman–Crippen MR) is 132 cm³/mol. The van der Waals surface area contributed by atoms with E-state index in [9.17, 15) is 22.9 Å². The molecule has 3 aromatic rings. The number of fused-ring (bicyclic) bond motifs is 1. The van der Waals surface area contributed by atoms with Crippen LogP contribution in [0.15, 0.2) is 65.2 Å². The van der Waals surface area contributed by atoms with Gasteiger partial charge in [0.1, 0.15) is 23.5 Å². The van der Waals surface area contributed by atoms with Crippen LogP contribution in [0.5, 0.6) is 0 Å². The first-order chi connectivity index (χ1) is 16.6. The summed E-state index contributed by atoms with van der Waals surface area (Å²) in [5.74, 6) is -0.686. The van der Waals surface area contributed by atoms with Gasteiger partial charge in [-0.1, -0.05) is 23.8 Å². The number of nitrogens with zero attached hydrogens (tertiary/aromatic N) is 4. The molecule has 182 valence electrons. The van der Waals surface area contributed by atoms with Gasteiger partial charge >= 0.3 is 0 Å². The smallest absolute Gasteiger partial charge is 0.268 e. The van der Waals surface area contributed by atoms with E-state index in [1.165, 1.54) is 24.4 Å². The first-order valence-corrected chi connectivity index (χ1v) is 12.7. The molecular formula is C26H27FN4O3S. The number of alkyl halides is 1. The monoisotopic (exact) mass is 494 g/mol. The van der Waals surface area contributed by atoms with Gasteiger partial charge in [-0.15, -0.1) is 0 Å². The first-order valence-electron chi connectivity index (χ1n) is 11.3. The molecule has 1 aromatic heterocycles. The van der Waals surface area contributed by atoms with Crippen LogP contribution < -0.4 is 0 Å². The van der Waals surface area contributed by atoms with Gasteiger partial charge in [-0.2, -0.15) is 5.26 Å². The third-order valence-electron chi connectivity index (χ3n) is 5.99. The number of carbonyl (C=O) groups excluding carboxylic acids is 1. The van der Waals surface area contributed by atoms with E-state index in [1.54, 1.807) is 43.3 Å². The van der Waals surface area contributed by atoms with E-state index < -0.39 is 22.0 Å². The molecule has 1 unspecified atom stereocenters. The molecule has 2 heterocycles. The van der Waals surface area contributed by atoms with Crippen LogP contribution in [0.4, 0.5) is 4.39 Å². The average Bonchev–Trinajstić information content (AvgIpc) is 3.40. The summed E-state index contributed by atoms with van der Waals surface area (Å²) in [6, 6.07) is 15.1. The number of likely N-dealkylation sites (tertiary alicyclic amines) is 1. The van der Waals surface area contributed by atoms with Crippen LogP contribution in [-0.2, 0) is 16.6 Å². The summed E-state index contributed by atoms with van der Waals surface area (Å²) in [6.07, 6.45) is 1.03. The van der Waals surface area contributed by atoms with Gasteiger partial charge in [-0.3, -0.25) is 9.69 Å². The Hall–Kier alpha value is -3.48. The van der Waals surface area contributed by atoms with Gasteiger partial charge in [0.2, 0.25) is 5.78 Å². The molecule has 0 aliphatic carbocycles. The van der Waals surface area contributed by atoms with Crippen LogP contribution in [0.25, 0.3) is 10.9 Å². The molecule has 0 radical (unpaired) electrons. The van der Waals surface area contributed by atoms with E-state index in [1.807, 2.05) is 24.0 Å². The van der Waals surface area contributed by atoms with Crippen LogP contribution >= 0.6 is 0 Å². The molecule has 1 aliphatic rings. The van der Waals surface area contributed by atoms with E-state index in [2.05, 4.69) is 0 Å². The van der Waals surface area contributed by atoms with Crippen molar-refractivity contribution in [2.75, 3.05) is 27.2 Å². The van der Waals surface area contributed by atoms with E-state index in [4.69, 9.17) is 0 Å². The van der Waals surface area contributed by atoms with Crippen molar-refractivity contribution in [1.82, 2.24) is 13.8 Å². The van der Waals surface area contributed by atoms with Crippen LogP contribution in [0, 0.1) is 18.3 Å². The molecule has 0 amide bonds. The Morgan fingerprint density at radius 2 is 1.91 bits per heavy atom. The van der Waals surface area contributed by atoms with Gasteiger partial charge < -0.3 is 4.90 Å². The number of allylic oxidation sites excluding steroid dienone is 1. The quantitative estimate of drug-likeness (QED) is 0.282. The molecular weight excluding hydrogens is 467 g/mol. The maximum Gasteiger partial charge on any atom is 0.268 e. The lowest BCUT2D eigenvalue weighted by Gasteiger charge is -2.15. The van der Waals surface area contributed by atoms with Crippen molar-refractivity contribution in [2.45, 2.75) is 31.0 Å². The van der Waals surface area contributed by atoms with Gasteiger partial charge in [-0.05, 0) is 49.2 Å². The summed E-state index contributed by atoms with van der Waals surface area (Å²) >= 11 is 0. The number of aromatic nitrogens is 1. The van der Waals surface area contributed by atoms with Crippen molar-refractivity contribution in [3.63, 3.8) is 0 Å². The summed E-state index contributed by atoms with van der Waals surface area (Å²) in [6.45, 7) is 3.41. The molecule has 0 bridgehead atoms. The van der Waals surface area contributed by atoms with Gasteiger partial charge in [0.25, 0.3) is 10.0 Å². The number of benzene rings is 2. The molecule has 0 spiro atoms. The summed E-state index contributed by atoms with van der Waals surface area (Å²) in [7, 11) is -0.789. The summed E-state index contributed by atoms with van der Waals surface area (Å²) < 4.78 is 42.1. The van der Waals surface area contributed by atoms with Crippen LogP contribution in [0.3, 0.4) is 0 Å². The van der Waals surface area contributed by atoms with E-state index >= 15 is 0 Å². The second-order valence-electron chi connectivity index (χ2n) is 9.07. The number of ketones is 1. The number of hydrogen-bond acceptors (Lipinski definition) is 6. The maximum absolute atomic E-state index is 13.7. The number of carbonyl (C=O) groups is 1. The number of halogens is 1. The number of nitriles is 1. The third-order valence-corrected chi connectivity index (χ3v) is 7.73. The van der Waals surface area contributed by atoms with Crippen LogP contribution in [0.2, 0.25) is 0 Å². The predicted octanol–water partition coefficient (Wildman–Crippen LogP) is 3.88. The van der Waals surface area contributed by atoms with Crippen molar-refractivity contribution < 1.29 is 17.6 Å². The number of hydrogen-bond donors (Lipinski definition) is 0. The summed E-state index contributed by atoms with van der Waals surface area (Å²) in [5.41, 5.74) is 1.84. The van der Waals surface area contributed by atoms with Crippen molar-refractivity contribution in [2.24, 2.45) is 0 Å². The SMILES string of the molecule is Cc1ccc(S(=O)(=O)n2c(C(=O)/C(C#N)=C/N(C)C)cc3cc(CN4CCC(F)C4)ccc32)cc1. The lowest BCUT2D eigenvalue weighted by molar-refractivity contribution is 0.103. The summed E-state index contributed by atoms with van der Waals surface area (Å²) in [5, 5.41) is 10.1. The normalized spacial score (nSPS) is 17.0. The Morgan fingerprint density at radius 1 is 1.20 bits per heavy atom. The molecule has 1 atom stereocenters.